The Labute approximate surface area is 139 Å². The van der Waals surface area contributed by atoms with Crippen molar-refractivity contribution in [1.29, 1.82) is 5.26 Å². The molecular formula is C19H16FN3O. The number of nitriles is 1. The van der Waals surface area contributed by atoms with Gasteiger partial charge in [-0.1, -0.05) is 24.3 Å². The lowest BCUT2D eigenvalue weighted by molar-refractivity contribution is 0.318. The number of nitrogens with one attached hydrogen (secondary N) is 1. The van der Waals surface area contributed by atoms with Crippen LogP contribution in [0, 0.1) is 17.1 Å². The molecule has 1 N–H and O–H groups in total. The van der Waals surface area contributed by atoms with E-state index in [0.29, 0.717) is 25.3 Å². The number of fused-ring (bicyclic) bond motifs is 1. The van der Waals surface area contributed by atoms with E-state index in [1.807, 2.05) is 36.4 Å². The molecule has 3 aromatic rings. The summed E-state index contributed by atoms with van der Waals surface area (Å²) in [6.45, 7) is 1.08. The van der Waals surface area contributed by atoms with Crippen molar-refractivity contribution in [2.75, 3.05) is 18.5 Å². The minimum absolute atomic E-state index is 0.0386. The lowest BCUT2D eigenvalue weighted by Gasteiger charge is -2.10. The standard InChI is InChI=1S/C19H16FN3O/c20-16-7-2-8-17(15(16)13-21)22-11-4-12-24-18-9-1-5-14-6-3-10-23-19(14)18/h1-3,5-10,22H,4,11-12H2. The molecule has 0 aliphatic carbocycles. The van der Waals surface area contributed by atoms with Gasteiger partial charge in [-0.25, -0.2) is 4.39 Å². The minimum Gasteiger partial charge on any atom is -0.491 e. The van der Waals surface area contributed by atoms with Crippen LogP contribution >= 0.6 is 0 Å². The Bertz CT molecular complexity index is 884. The molecule has 1 aromatic heterocycles. The monoisotopic (exact) mass is 321 g/mol. The number of hydrogen-bond donors (Lipinski definition) is 1. The third-order valence-electron chi connectivity index (χ3n) is 3.62. The van der Waals surface area contributed by atoms with Crippen molar-refractivity contribution >= 4 is 16.6 Å². The van der Waals surface area contributed by atoms with Crippen LogP contribution in [0.4, 0.5) is 10.1 Å². The van der Waals surface area contributed by atoms with E-state index in [2.05, 4.69) is 10.3 Å². The fraction of sp³-hybridized carbons (Fsp3) is 0.158. The molecule has 0 spiro atoms. The van der Waals surface area contributed by atoms with Gasteiger partial charge < -0.3 is 10.1 Å². The number of para-hydroxylation sites is 1. The van der Waals surface area contributed by atoms with E-state index < -0.39 is 5.82 Å². The number of pyridine rings is 1. The van der Waals surface area contributed by atoms with Crippen molar-refractivity contribution < 1.29 is 9.13 Å². The maximum absolute atomic E-state index is 13.5. The largest absolute Gasteiger partial charge is 0.491 e. The zero-order chi connectivity index (χ0) is 16.8. The summed E-state index contributed by atoms with van der Waals surface area (Å²) in [6.07, 6.45) is 2.45. The third-order valence-corrected chi connectivity index (χ3v) is 3.62. The summed E-state index contributed by atoms with van der Waals surface area (Å²) in [5.74, 6) is 0.233. The minimum atomic E-state index is -0.513. The van der Waals surface area contributed by atoms with Gasteiger partial charge >= 0.3 is 0 Å². The molecule has 2 aromatic carbocycles. The number of aromatic nitrogens is 1. The maximum atomic E-state index is 13.5. The van der Waals surface area contributed by atoms with Crippen LogP contribution in [0.3, 0.4) is 0 Å². The number of hydrogen-bond acceptors (Lipinski definition) is 4. The summed E-state index contributed by atoms with van der Waals surface area (Å²) >= 11 is 0. The first-order valence-electron chi connectivity index (χ1n) is 7.68. The Hall–Kier alpha value is -3.13. The van der Waals surface area contributed by atoms with Crippen LogP contribution < -0.4 is 10.1 Å². The predicted molar refractivity (Wildman–Crippen MR) is 91.5 cm³/mol. The van der Waals surface area contributed by atoms with Crippen LogP contribution in [0.25, 0.3) is 10.9 Å². The predicted octanol–water partition coefficient (Wildman–Crippen LogP) is 4.13. The Morgan fingerprint density at radius 3 is 2.83 bits per heavy atom. The summed E-state index contributed by atoms with van der Waals surface area (Å²) in [5.41, 5.74) is 1.38. The fourth-order valence-corrected chi connectivity index (χ4v) is 2.46. The SMILES string of the molecule is N#Cc1c(F)cccc1NCCCOc1cccc2cccnc12. The van der Waals surface area contributed by atoms with Crippen LogP contribution in [0.2, 0.25) is 0 Å². The van der Waals surface area contributed by atoms with E-state index in [9.17, 15) is 4.39 Å². The smallest absolute Gasteiger partial charge is 0.145 e. The molecule has 0 saturated carbocycles. The summed E-state index contributed by atoms with van der Waals surface area (Å²) in [4.78, 5) is 4.34. The van der Waals surface area contributed by atoms with Gasteiger partial charge in [-0.2, -0.15) is 5.26 Å². The zero-order valence-electron chi connectivity index (χ0n) is 13.0. The van der Waals surface area contributed by atoms with Crippen molar-refractivity contribution in [2.45, 2.75) is 6.42 Å². The second-order valence-electron chi connectivity index (χ2n) is 5.23. The van der Waals surface area contributed by atoms with Crippen molar-refractivity contribution in [1.82, 2.24) is 4.98 Å². The first kappa shape index (κ1) is 15.8. The highest BCUT2D eigenvalue weighted by Gasteiger charge is 2.07. The Balaban J connectivity index is 1.55. The fourth-order valence-electron chi connectivity index (χ4n) is 2.46. The second kappa shape index (κ2) is 7.42. The first-order chi connectivity index (χ1) is 11.8. The molecule has 0 aliphatic heterocycles. The van der Waals surface area contributed by atoms with E-state index >= 15 is 0 Å². The highest BCUT2D eigenvalue weighted by molar-refractivity contribution is 5.84. The molecule has 5 heteroatoms. The Morgan fingerprint density at radius 1 is 1.12 bits per heavy atom. The number of rotatable bonds is 6. The van der Waals surface area contributed by atoms with Crippen molar-refractivity contribution in [3.8, 4) is 11.8 Å². The second-order valence-corrected chi connectivity index (χ2v) is 5.23. The molecule has 0 bridgehead atoms. The van der Waals surface area contributed by atoms with Gasteiger partial charge in [0, 0.05) is 18.1 Å². The van der Waals surface area contributed by atoms with E-state index in [0.717, 1.165) is 16.7 Å². The average molecular weight is 321 g/mol. The maximum Gasteiger partial charge on any atom is 0.145 e. The van der Waals surface area contributed by atoms with Gasteiger partial charge in [0.05, 0.1) is 12.3 Å². The Kier molecular flexibility index (Phi) is 4.87. The summed E-state index contributed by atoms with van der Waals surface area (Å²) in [6, 6.07) is 16.1. The molecule has 0 saturated heterocycles. The first-order valence-corrected chi connectivity index (χ1v) is 7.68. The average Bonchev–Trinajstić information content (AvgIpc) is 2.61. The number of halogens is 1. The Morgan fingerprint density at radius 2 is 1.96 bits per heavy atom. The summed E-state index contributed by atoms with van der Waals surface area (Å²) in [7, 11) is 0. The van der Waals surface area contributed by atoms with Gasteiger partial charge in [-0.15, -0.1) is 0 Å². The summed E-state index contributed by atoms with van der Waals surface area (Å²) in [5, 5.41) is 13.1. The third kappa shape index (κ3) is 3.44. The van der Waals surface area contributed by atoms with E-state index in [-0.39, 0.29) is 5.56 Å². The van der Waals surface area contributed by atoms with Crippen LogP contribution in [0.5, 0.6) is 5.75 Å². The molecule has 120 valence electrons. The number of ether oxygens (including phenoxy) is 1. The highest BCUT2D eigenvalue weighted by atomic mass is 19.1. The quantitative estimate of drug-likeness (QED) is 0.694. The highest BCUT2D eigenvalue weighted by Crippen LogP contribution is 2.23. The topological polar surface area (TPSA) is 57.9 Å². The van der Waals surface area contributed by atoms with Crippen molar-refractivity contribution in [2.24, 2.45) is 0 Å². The van der Waals surface area contributed by atoms with Crippen LogP contribution in [-0.4, -0.2) is 18.1 Å². The molecule has 3 rings (SSSR count). The molecule has 4 nitrogen and oxygen atoms in total. The molecule has 0 fully saturated rings. The van der Waals surface area contributed by atoms with Gasteiger partial charge in [-0.05, 0) is 30.7 Å². The van der Waals surface area contributed by atoms with Crippen molar-refractivity contribution in [3.63, 3.8) is 0 Å². The number of nitrogens with zero attached hydrogens (tertiary/aromatic N) is 2. The molecule has 0 radical (unpaired) electrons. The number of benzene rings is 2. The van der Waals surface area contributed by atoms with Crippen LogP contribution in [0.15, 0.2) is 54.7 Å². The van der Waals surface area contributed by atoms with Gasteiger partial charge in [-0.3, -0.25) is 4.98 Å². The van der Waals surface area contributed by atoms with E-state index in [4.69, 9.17) is 10.00 Å². The molecule has 0 amide bonds. The molecule has 24 heavy (non-hydrogen) atoms. The molecule has 1 heterocycles. The zero-order valence-corrected chi connectivity index (χ0v) is 13.0. The van der Waals surface area contributed by atoms with Gasteiger partial charge in [0.25, 0.3) is 0 Å². The molecule has 0 atom stereocenters. The van der Waals surface area contributed by atoms with E-state index in [1.165, 1.54) is 6.07 Å². The van der Waals surface area contributed by atoms with Gasteiger partial charge in [0.2, 0.25) is 0 Å². The van der Waals surface area contributed by atoms with Gasteiger partial charge in [0.15, 0.2) is 0 Å². The normalized spacial score (nSPS) is 10.3. The van der Waals surface area contributed by atoms with Crippen LogP contribution in [-0.2, 0) is 0 Å². The molecular weight excluding hydrogens is 305 g/mol. The van der Waals surface area contributed by atoms with Gasteiger partial charge in [0.1, 0.15) is 28.7 Å². The lowest BCUT2D eigenvalue weighted by Crippen LogP contribution is -2.09. The number of anilines is 1. The van der Waals surface area contributed by atoms with E-state index in [1.54, 1.807) is 18.3 Å². The lowest BCUT2D eigenvalue weighted by atomic mass is 10.2. The van der Waals surface area contributed by atoms with Crippen molar-refractivity contribution in [3.05, 3.63) is 66.1 Å². The summed E-state index contributed by atoms with van der Waals surface area (Å²) < 4.78 is 19.3. The molecule has 0 aliphatic rings. The molecule has 0 unspecified atom stereocenters. The van der Waals surface area contributed by atoms with Crippen LogP contribution in [0.1, 0.15) is 12.0 Å².